The van der Waals surface area contributed by atoms with Gasteiger partial charge >= 0.3 is 0 Å². The molecule has 6 heavy (non-hydrogen) atoms. The first kappa shape index (κ1) is 25.3. The number of rotatable bonds is 0. The second-order valence-electron chi connectivity index (χ2n) is 0.0816. The molecule has 0 fully saturated rings. The van der Waals surface area contributed by atoms with Crippen LogP contribution >= 0.6 is 0 Å². The molecular formula is H2AlCoMgO3. The van der Waals surface area contributed by atoms with Crippen molar-refractivity contribution in [3.05, 3.63) is 0 Å². The molecule has 2 N–H and O–H groups in total. The summed E-state index contributed by atoms with van der Waals surface area (Å²) >= 11 is 0. The Bertz CT molecular complexity index is 10.8. The first-order valence-electron chi connectivity index (χ1n) is 0.365. The molecule has 0 rings (SSSR count). The van der Waals surface area contributed by atoms with Crippen LogP contribution in [0, 0.1) is 0 Å². The van der Waals surface area contributed by atoms with Crippen molar-refractivity contribution in [3.63, 3.8) is 0 Å². The van der Waals surface area contributed by atoms with Crippen LogP contribution in [0.25, 0.3) is 0 Å². The third-order valence-corrected chi connectivity index (χ3v) is 0. The smallest absolute Gasteiger partial charge is 0 e. The minimum atomic E-state index is 0. The third-order valence-electron chi connectivity index (χ3n) is 0. The molecule has 6 heteroatoms. The average molecular weight is 160 g/mol. The molecule has 0 spiro atoms. The van der Waals surface area contributed by atoms with Crippen LogP contribution in [-0.2, 0) is 21.8 Å². The molecule has 0 saturated carbocycles. The second-order valence-corrected chi connectivity index (χ2v) is 0.0816. The molecule has 0 aliphatic rings. The zero-order valence-corrected chi connectivity index (χ0v) is 6.53. The fourth-order valence-corrected chi connectivity index (χ4v) is 0. The first-order valence-corrected chi connectivity index (χ1v) is 0.365. The fraction of sp³-hybridized carbons (Fsp3) is 0. The maximum Gasteiger partial charge on any atom is 0 e. The maximum absolute atomic E-state index is 6.62. The van der Waals surface area contributed by atoms with Gasteiger partial charge in [0.05, 0.1) is 0 Å². The minimum Gasteiger partial charge on any atom is -0.221 e. The molecule has 0 aromatic heterocycles. The van der Waals surface area contributed by atoms with E-state index in [4.69, 9.17) is 10.5 Å². The van der Waals surface area contributed by atoms with Crippen LogP contribution in [0.5, 0.6) is 0 Å². The van der Waals surface area contributed by atoms with Gasteiger partial charge in [0.2, 0.25) is 0 Å². The van der Waals surface area contributed by atoms with Crippen molar-refractivity contribution in [2.45, 2.75) is 0 Å². The summed E-state index contributed by atoms with van der Waals surface area (Å²) in [4.78, 5) is 0. The van der Waals surface area contributed by atoms with Gasteiger partial charge in [0.25, 0.3) is 0 Å². The van der Waals surface area contributed by atoms with Gasteiger partial charge in [-0.15, -0.1) is 0 Å². The molecule has 0 aliphatic heterocycles. The van der Waals surface area contributed by atoms with E-state index in [1.165, 1.54) is 0 Å². The van der Waals surface area contributed by atoms with E-state index in [1.807, 2.05) is 0 Å². The van der Waals surface area contributed by atoms with E-state index in [9.17, 15) is 0 Å². The zero-order chi connectivity index (χ0) is 2.71. The van der Waals surface area contributed by atoms with E-state index in [0.29, 0.717) is 0 Å². The van der Waals surface area contributed by atoms with Gasteiger partial charge in [0, 0.05) is 57.2 Å². The van der Waals surface area contributed by atoms with Crippen molar-refractivity contribution < 1.29 is 32.3 Å². The third kappa shape index (κ3) is 43.9. The van der Waals surface area contributed by atoms with Crippen LogP contribution in [0.15, 0.2) is 0 Å². The molecule has 6 radical (unpaired) electrons. The van der Waals surface area contributed by atoms with Crippen LogP contribution in [0.4, 0.5) is 0 Å². The molecule has 0 saturated heterocycles. The van der Waals surface area contributed by atoms with Gasteiger partial charge in [-0.2, -0.15) is 0 Å². The van der Waals surface area contributed by atoms with Crippen molar-refractivity contribution >= 4 is 40.4 Å². The van der Waals surface area contributed by atoms with Crippen LogP contribution in [-0.4, -0.2) is 50.9 Å². The summed E-state index contributed by atoms with van der Waals surface area (Å²) in [5.74, 6) is 0. The summed E-state index contributed by atoms with van der Waals surface area (Å²) in [6.45, 7) is 0. The SMILES string of the molecule is OOO.[Al].[Co].[Mg]. The Balaban J connectivity index is -0.00000000667. The molecule has 0 amide bonds. The topological polar surface area (TPSA) is 49.7 Å². The molecule has 0 aromatic carbocycles. The van der Waals surface area contributed by atoms with E-state index in [-0.39, 0.29) is 57.2 Å². The Hall–Kier alpha value is 1.69. The van der Waals surface area contributed by atoms with Gasteiger partial charge < -0.3 is 0 Å². The second kappa shape index (κ2) is 30.0. The summed E-state index contributed by atoms with van der Waals surface area (Å²) < 4.78 is 0. The van der Waals surface area contributed by atoms with E-state index in [0.717, 1.165) is 0 Å². The van der Waals surface area contributed by atoms with E-state index < -0.39 is 0 Å². The summed E-state index contributed by atoms with van der Waals surface area (Å²) in [5, 5.41) is 15.5. The van der Waals surface area contributed by atoms with Gasteiger partial charge in [-0.25, -0.2) is 10.5 Å². The minimum absolute atomic E-state index is 0. The molecule has 0 atom stereocenters. The average Bonchev–Trinajstić information content (AvgIpc) is 0.918. The number of hydrogen-bond acceptors (Lipinski definition) is 3. The van der Waals surface area contributed by atoms with Crippen molar-refractivity contribution in [1.29, 1.82) is 0 Å². The monoisotopic (exact) mass is 160 g/mol. The first-order chi connectivity index (χ1) is 1.41. The summed E-state index contributed by atoms with van der Waals surface area (Å²) in [6.07, 6.45) is 0. The molecule has 0 aliphatic carbocycles. The van der Waals surface area contributed by atoms with Crippen molar-refractivity contribution in [3.8, 4) is 0 Å². The molecule has 0 bridgehead atoms. The van der Waals surface area contributed by atoms with Crippen LogP contribution in [0.1, 0.15) is 0 Å². The van der Waals surface area contributed by atoms with Gasteiger partial charge in [-0.1, -0.05) is 5.04 Å². The van der Waals surface area contributed by atoms with Crippen molar-refractivity contribution in [1.82, 2.24) is 0 Å². The van der Waals surface area contributed by atoms with Gasteiger partial charge in [-0.3, -0.25) is 0 Å². The van der Waals surface area contributed by atoms with Crippen LogP contribution < -0.4 is 0 Å². The maximum atomic E-state index is 6.62. The molecule has 0 aromatic rings. The number of hydrogen-bond donors (Lipinski definition) is 2. The van der Waals surface area contributed by atoms with Crippen LogP contribution in [0.2, 0.25) is 0 Å². The summed E-state index contributed by atoms with van der Waals surface area (Å²) in [6, 6.07) is 0. The van der Waals surface area contributed by atoms with Crippen molar-refractivity contribution in [2.75, 3.05) is 0 Å². The predicted octanol–water partition coefficient (Wildman–Crippen LogP) is -0.815. The Kier molecular flexibility index (Phi) is 126. The molecule has 0 heterocycles. The van der Waals surface area contributed by atoms with Gasteiger partial charge in [-0.05, 0) is 0 Å². The predicted molar refractivity (Wildman–Crippen MR) is 17.9 cm³/mol. The summed E-state index contributed by atoms with van der Waals surface area (Å²) in [5.41, 5.74) is 0. The summed E-state index contributed by atoms with van der Waals surface area (Å²) in [7, 11) is 0. The fourth-order valence-electron chi connectivity index (χ4n) is 0. The van der Waals surface area contributed by atoms with E-state index >= 15 is 0 Å². The molecule has 34 valence electrons. The quantitative estimate of drug-likeness (QED) is 0.277. The molecule has 3 nitrogen and oxygen atoms in total. The Morgan fingerprint density at radius 2 is 1.17 bits per heavy atom. The Morgan fingerprint density at radius 1 is 1.17 bits per heavy atom. The van der Waals surface area contributed by atoms with E-state index in [2.05, 4.69) is 5.04 Å². The normalized spacial score (nSPS) is 3.00. The molecule has 0 unspecified atom stereocenters. The standard InChI is InChI=1S/Al.Co.Mg.H2O3/c;;;1-3-2/h;;;1-2H. The largest absolute Gasteiger partial charge is 0.221 e. The van der Waals surface area contributed by atoms with Crippen molar-refractivity contribution in [2.24, 2.45) is 0 Å². The zero-order valence-electron chi connectivity index (χ0n) is 2.92. The Labute approximate surface area is 72.4 Å². The van der Waals surface area contributed by atoms with Crippen LogP contribution in [0.3, 0.4) is 0 Å². The van der Waals surface area contributed by atoms with Gasteiger partial charge in [0.15, 0.2) is 0 Å². The Morgan fingerprint density at radius 3 is 1.17 bits per heavy atom. The van der Waals surface area contributed by atoms with E-state index in [1.54, 1.807) is 0 Å². The molecular weight excluding hydrogens is 158 g/mol. The van der Waals surface area contributed by atoms with Gasteiger partial charge in [0.1, 0.15) is 0 Å².